The van der Waals surface area contributed by atoms with Crippen molar-refractivity contribution in [1.29, 1.82) is 0 Å². The van der Waals surface area contributed by atoms with Crippen LogP contribution >= 0.6 is 11.6 Å². The van der Waals surface area contributed by atoms with E-state index in [1.807, 2.05) is 23.1 Å². The average molecular weight is 511 g/mol. The fourth-order valence-corrected chi connectivity index (χ4v) is 5.63. The van der Waals surface area contributed by atoms with Crippen molar-refractivity contribution < 1.29 is 9.84 Å². The Hall–Kier alpha value is -3.04. The minimum Gasteiger partial charge on any atom is -0.486 e. The van der Waals surface area contributed by atoms with Crippen LogP contribution < -0.4 is 25.8 Å². The molecule has 6 rings (SSSR count). The lowest BCUT2D eigenvalue weighted by molar-refractivity contribution is 0.132. The SMILES string of the molecule is C[C@H]1C[C@@H](O)CN(c2ncc(Cl)c(Nc3ccc4c(c3)c3c(c(=O)n4C)OCC[C@H](C4CC4)N3)n2)C1. The quantitative estimate of drug-likeness (QED) is 0.485. The van der Waals surface area contributed by atoms with E-state index in [0.29, 0.717) is 53.6 Å². The van der Waals surface area contributed by atoms with Gasteiger partial charge in [0.15, 0.2) is 5.82 Å². The van der Waals surface area contributed by atoms with Gasteiger partial charge in [0, 0.05) is 43.7 Å². The molecule has 3 aromatic rings. The highest BCUT2D eigenvalue weighted by molar-refractivity contribution is 6.32. The highest BCUT2D eigenvalue weighted by Crippen LogP contribution is 2.41. The molecule has 2 aliphatic heterocycles. The van der Waals surface area contributed by atoms with Gasteiger partial charge in [-0.15, -0.1) is 0 Å². The van der Waals surface area contributed by atoms with Gasteiger partial charge in [0.25, 0.3) is 5.56 Å². The van der Waals surface area contributed by atoms with Crippen molar-refractivity contribution in [2.24, 2.45) is 18.9 Å². The smallest absolute Gasteiger partial charge is 0.295 e. The molecule has 2 fully saturated rings. The van der Waals surface area contributed by atoms with Crippen molar-refractivity contribution in [1.82, 2.24) is 14.5 Å². The van der Waals surface area contributed by atoms with Gasteiger partial charge in [-0.05, 0) is 49.3 Å². The van der Waals surface area contributed by atoms with Crippen LogP contribution in [0.1, 0.15) is 32.6 Å². The summed E-state index contributed by atoms with van der Waals surface area (Å²) in [6, 6.07) is 6.15. The molecule has 0 bridgehead atoms. The van der Waals surface area contributed by atoms with Gasteiger partial charge in [-0.25, -0.2) is 4.98 Å². The third kappa shape index (κ3) is 4.35. The Kier molecular flexibility index (Phi) is 5.92. The van der Waals surface area contributed by atoms with Crippen LogP contribution in [0.25, 0.3) is 10.9 Å². The molecule has 0 unspecified atom stereocenters. The summed E-state index contributed by atoms with van der Waals surface area (Å²) in [5, 5.41) is 18.5. The summed E-state index contributed by atoms with van der Waals surface area (Å²) in [6.07, 6.45) is 5.27. The van der Waals surface area contributed by atoms with E-state index >= 15 is 0 Å². The zero-order chi connectivity index (χ0) is 25.0. The Balaban J connectivity index is 1.36. The van der Waals surface area contributed by atoms with Crippen LogP contribution in [0.2, 0.25) is 5.02 Å². The molecular weight excluding hydrogens is 480 g/mol. The number of anilines is 4. The van der Waals surface area contributed by atoms with Gasteiger partial charge in [0.05, 0.1) is 30.1 Å². The molecule has 9 nitrogen and oxygen atoms in total. The van der Waals surface area contributed by atoms with Crippen LogP contribution in [0, 0.1) is 11.8 Å². The lowest BCUT2D eigenvalue weighted by atomic mass is 9.98. The summed E-state index contributed by atoms with van der Waals surface area (Å²) in [7, 11) is 1.77. The van der Waals surface area contributed by atoms with Crippen molar-refractivity contribution in [2.45, 2.75) is 44.8 Å². The molecule has 1 saturated carbocycles. The lowest BCUT2D eigenvalue weighted by Crippen LogP contribution is -2.43. The van der Waals surface area contributed by atoms with E-state index in [4.69, 9.17) is 16.3 Å². The van der Waals surface area contributed by atoms with Crippen LogP contribution in [-0.4, -0.2) is 51.5 Å². The zero-order valence-corrected chi connectivity index (χ0v) is 21.3. The molecule has 0 radical (unpaired) electrons. The Labute approximate surface area is 214 Å². The number of aryl methyl sites for hydroxylation is 1. The van der Waals surface area contributed by atoms with Crippen LogP contribution in [0.5, 0.6) is 5.75 Å². The Morgan fingerprint density at radius 1 is 1.25 bits per heavy atom. The number of nitrogens with one attached hydrogen (secondary N) is 2. The van der Waals surface area contributed by atoms with Gasteiger partial charge >= 0.3 is 0 Å². The van der Waals surface area contributed by atoms with E-state index in [-0.39, 0.29) is 5.56 Å². The number of hydrogen-bond acceptors (Lipinski definition) is 8. The first-order valence-corrected chi connectivity index (χ1v) is 13.0. The molecular formula is C26H31ClN6O3. The number of hydrogen-bond donors (Lipinski definition) is 3. The van der Waals surface area contributed by atoms with Gasteiger partial charge in [-0.3, -0.25) is 4.79 Å². The molecule has 3 aliphatic rings. The molecule has 1 aromatic carbocycles. The van der Waals surface area contributed by atoms with E-state index in [0.717, 1.165) is 41.7 Å². The zero-order valence-electron chi connectivity index (χ0n) is 20.5. The molecule has 0 spiro atoms. The second-order valence-electron chi connectivity index (χ2n) is 10.4. The Bertz CT molecular complexity index is 1360. The highest BCUT2D eigenvalue weighted by atomic mass is 35.5. The summed E-state index contributed by atoms with van der Waals surface area (Å²) in [5.74, 6) is 2.39. The number of nitrogens with zero attached hydrogens (tertiary/aromatic N) is 4. The molecule has 1 aliphatic carbocycles. The van der Waals surface area contributed by atoms with E-state index in [9.17, 15) is 9.90 Å². The average Bonchev–Trinajstić information content (AvgIpc) is 3.70. The Morgan fingerprint density at radius 2 is 2.08 bits per heavy atom. The number of benzene rings is 1. The fourth-order valence-electron chi connectivity index (χ4n) is 5.49. The molecule has 36 heavy (non-hydrogen) atoms. The molecule has 4 heterocycles. The van der Waals surface area contributed by atoms with Gasteiger partial charge in [-0.1, -0.05) is 18.5 Å². The van der Waals surface area contributed by atoms with Crippen molar-refractivity contribution in [2.75, 3.05) is 35.2 Å². The summed E-state index contributed by atoms with van der Waals surface area (Å²) >= 11 is 6.47. The number of β-amino-alcohol motifs (C(OH)–C–C–N with tert-alkyl or cyclic N) is 1. The number of ether oxygens (including phenoxy) is 1. The first-order valence-electron chi connectivity index (χ1n) is 12.7. The van der Waals surface area contributed by atoms with Gasteiger partial charge in [-0.2, -0.15) is 4.98 Å². The highest BCUT2D eigenvalue weighted by Gasteiger charge is 2.34. The topological polar surface area (TPSA) is 105 Å². The van der Waals surface area contributed by atoms with Gasteiger partial charge in [0.1, 0.15) is 5.02 Å². The van der Waals surface area contributed by atoms with E-state index < -0.39 is 6.10 Å². The third-order valence-electron chi connectivity index (χ3n) is 7.46. The first-order chi connectivity index (χ1) is 17.4. The molecule has 10 heteroatoms. The molecule has 3 atom stereocenters. The number of halogens is 1. The van der Waals surface area contributed by atoms with Gasteiger partial charge in [0.2, 0.25) is 11.7 Å². The normalized spacial score (nSPS) is 24.0. The summed E-state index contributed by atoms with van der Waals surface area (Å²) in [5.41, 5.74) is 2.24. The minimum absolute atomic E-state index is 0.136. The van der Waals surface area contributed by atoms with Crippen molar-refractivity contribution in [3.8, 4) is 5.75 Å². The molecule has 1 saturated heterocycles. The fraction of sp³-hybridized carbons (Fsp3) is 0.500. The van der Waals surface area contributed by atoms with E-state index in [1.165, 1.54) is 12.8 Å². The predicted octanol–water partition coefficient (Wildman–Crippen LogP) is 3.91. The monoisotopic (exact) mass is 510 g/mol. The summed E-state index contributed by atoms with van der Waals surface area (Å²) in [6.45, 7) is 3.92. The number of rotatable bonds is 4. The summed E-state index contributed by atoms with van der Waals surface area (Å²) in [4.78, 5) is 24.1. The van der Waals surface area contributed by atoms with Crippen molar-refractivity contribution >= 4 is 45.6 Å². The second-order valence-corrected chi connectivity index (χ2v) is 10.8. The van der Waals surface area contributed by atoms with Crippen LogP contribution in [0.15, 0.2) is 29.2 Å². The predicted molar refractivity (Wildman–Crippen MR) is 142 cm³/mol. The maximum absolute atomic E-state index is 13.1. The van der Waals surface area contributed by atoms with Crippen molar-refractivity contribution in [3.05, 3.63) is 39.8 Å². The number of pyridine rings is 1. The standard InChI is InChI=1S/C26H31ClN6O3/c1-14-9-17(34)13-33(12-14)26-28-11-19(27)24(31-26)29-16-5-6-21-18(10-16)22-23(25(35)32(21)2)36-8-7-20(30-22)15-3-4-15/h5-6,10-11,14-15,17,20,30,34H,3-4,7-9,12-13H2,1-2H3,(H,28,29,31)/t14-,17+,20+/m0/s1. The number of piperidine rings is 1. The van der Waals surface area contributed by atoms with Crippen LogP contribution in [0.4, 0.5) is 23.1 Å². The van der Waals surface area contributed by atoms with Crippen LogP contribution in [0.3, 0.4) is 0 Å². The van der Waals surface area contributed by atoms with E-state index in [1.54, 1.807) is 17.8 Å². The number of fused-ring (bicyclic) bond motifs is 3. The van der Waals surface area contributed by atoms with Crippen molar-refractivity contribution in [3.63, 3.8) is 0 Å². The van der Waals surface area contributed by atoms with Gasteiger partial charge < -0.3 is 29.9 Å². The summed E-state index contributed by atoms with van der Waals surface area (Å²) < 4.78 is 7.60. The van der Waals surface area contributed by atoms with Crippen LogP contribution in [-0.2, 0) is 7.05 Å². The molecule has 0 amide bonds. The Morgan fingerprint density at radius 3 is 2.86 bits per heavy atom. The van der Waals surface area contributed by atoms with E-state index in [2.05, 4.69) is 27.5 Å². The molecule has 190 valence electrons. The molecule has 3 N–H and O–H groups in total. The number of aliphatic hydroxyl groups is 1. The second kappa shape index (κ2) is 9.12. The third-order valence-corrected chi connectivity index (χ3v) is 7.74. The number of aromatic nitrogens is 3. The maximum atomic E-state index is 13.1. The molecule has 2 aromatic heterocycles. The lowest BCUT2D eigenvalue weighted by Gasteiger charge is -2.34. The largest absolute Gasteiger partial charge is 0.486 e. The first kappa shape index (κ1) is 23.4. The minimum atomic E-state index is -0.402. The maximum Gasteiger partial charge on any atom is 0.295 e. The number of aliphatic hydroxyl groups excluding tert-OH is 1.